The van der Waals surface area contributed by atoms with Crippen molar-refractivity contribution in [1.82, 2.24) is 10.5 Å². The van der Waals surface area contributed by atoms with E-state index in [0.29, 0.717) is 6.04 Å². The van der Waals surface area contributed by atoms with Crippen LogP contribution < -0.4 is 5.32 Å². The SMILES string of the molecule is Cc1noc(C)c1C(C)NC1CCSc2ccc(Cl)cc21. The molecule has 1 aromatic heterocycles. The minimum absolute atomic E-state index is 0.205. The standard InChI is InChI=1S/C16H19ClN2OS/c1-9(16-10(2)19-20-11(16)3)18-14-6-7-21-15-5-4-12(17)8-13(14)15/h4-5,8-9,14,18H,6-7H2,1-3H3. The van der Waals surface area contributed by atoms with Crippen molar-refractivity contribution >= 4 is 23.4 Å². The predicted octanol–water partition coefficient (Wildman–Crippen LogP) is 4.83. The first-order chi connectivity index (χ1) is 10.1. The number of hydrogen-bond acceptors (Lipinski definition) is 4. The van der Waals surface area contributed by atoms with Crippen LogP contribution in [0.2, 0.25) is 5.02 Å². The highest BCUT2D eigenvalue weighted by molar-refractivity contribution is 7.99. The van der Waals surface area contributed by atoms with E-state index in [-0.39, 0.29) is 6.04 Å². The molecule has 0 saturated heterocycles. The molecule has 0 amide bonds. The maximum absolute atomic E-state index is 6.17. The van der Waals surface area contributed by atoms with Gasteiger partial charge in [-0.25, -0.2) is 0 Å². The zero-order valence-electron chi connectivity index (χ0n) is 12.4. The first kappa shape index (κ1) is 14.9. The second kappa shape index (κ2) is 6.03. The number of rotatable bonds is 3. The van der Waals surface area contributed by atoms with Crippen molar-refractivity contribution in [3.63, 3.8) is 0 Å². The Bertz CT molecular complexity index is 636. The molecule has 1 aliphatic rings. The Kier molecular flexibility index (Phi) is 4.29. The van der Waals surface area contributed by atoms with Crippen LogP contribution in [0.25, 0.3) is 0 Å². The molecule has 5 heteroatoms. The maximum Gasteiger partial charge on any atom is 0.138 e. The van der Waals surface area contributed by atoms with E-state index >= 15 is 0 Å². The van der Waals surface area contributed by atoms with Gasteiger partial charge in [-0.05, 0) is 56.7 Å². The highest BCUT2D eigenvalue weighted by Gasteiger charge is 2.25. The summed E-state index contributed by atoms with van der Waals surface area (Å²) in [5.74, 6) is 2.02. The van der Waals surface area contributed by atoms with E-state index in [4.69, 9.17) is 16.1 Å². The minimum Gasteiger partial charge on any atom is -0.361 e. The van der Waals surface area contributed by atoms with Crippen LogP contribution in [0.15, 0.2) is 27.6 Å². The second-order valence-electron chi connectivity index (χ2n) is 5.50. The molecule has 0 aliphatic carbocycles. The van der Waals surface area contributed by atoms with Crippen molar-refractivity contribution in [1.29, 1.82) is 0 Å². The lowest BCUT2D eigenvalue weighted by molar-refractivity contribution is 0.388. The molecule has 21 heavy (non-hydrogen) atoms. The molecule has 0 saturated carbocycles. The van der Waals surface area contributed by atoms with E-state index in [1.807, 2.05) is 31.7 Å². The molecule has 0 radical (unpaired) electrons. The third kappa shape index (κ3) is 2.98. The van der Waals surface area contributed by atoms with E-state index in [2.05, 4.69) is 29.5 Å². The first-order valence-electron chi connectivity index (χ1n) is 7.17. The summed E-state index contributed by atoms with van der Waals surface area (Å²) in [7, 11) is 0. The number of aryl methyl sites for hydroxylation is 2. The fourth-order valence-electron chi connectivity index (χ4n) is 3.03. The summed E-state index contributed by atoms with van der Waals surface area (Å²) in [6, 6.07) is 6.70. The number of hydrogen-bond donors (Lipinski definition) is 1. The van der Waals surface area contributed by atoms with Crippen LogP contribution in [-0.4, -0.2) is 10.9 Å². The molecule has 0 fully saturated rings. The van der Waals surface area contributed by atoms with Crippen LogP contribution in [0.3, 0.4) is 0 Å². The van der Waals surface area contributed by atoms with Crippen molar-refractivity contribution in [3.05, 3.63) is 45.8 Å². The fourth-order valence-corrected chi connectivity index (χ4v) is 4.32. The molecular weight excluding hydrogens is 304 g/mol. The van der Waals surface area contributed by atoms with Crippen LogP contribution in [-0.2, 0) is 0 Å². The number of nitrogens with one attached hydrogen (secondary N) is 1. The number of fused-ring (bicyclic) bond motifs is 1. The summed E-state index contributed by atoms with van der Waals surface area (Å²) in [5.41, 5.74) is 3.43. The Hall–Kier alpha value is -0.970. The average Bonchev–Trinajstić information content (AvgIpc) is 2.79. The zero-order valence-corrected chi connectivity index (χ0v) is 14.0. The molecule has 3 nitrogen and oxygen atoms in total. The zero-order chi connectivity index (χ0) is 15.0. The minimum atomic E-state index is 0.205. The van der Waals surface area contributed by atoms with Gasteiger partial charge in [-0.15, -0.1) is 11.8 Å². The van der Waals surface area contributed by atoms with Gasteiger partial charge in [-0.3, -0.25) is 0 Å². The maximum atomic E-state index is 6.17. The third-order valence-corrected chi connectivity index (χ3v) is 5.34. The number of thioether (sulfide) groups is 1. The van der Waals surface area contributed by atoms with E-state index in [1.165, 1.54) is 10.5 Å². The Balaban J connectivity index is 1.85. The molecule has 3 rings (SSSR count). The van der Waals surface area contributed by atoms with Gasteiger partial charge in [-0.1, -0.05) is 16.8 Å². The smallest absolute Gasteiger partial charge is 0.138 e. The van der Waals surface area contributed by atoms with Gasteiger partial charge in [0.2, 0.25) is 0 Å². The molecule has 2 atom stereocenters. The quantitative estimate of drug-likeness (QED) is 0.878. The molecule has 0 spiro atoms. The molecule has 112 valence electrons. The monoisotopic (exact) mass is 322 g/mol. The van der Waals surface area contributed by atoms with Gasteiger partial charge in [0.05, 0.1) is 5.69 Å². The predicted molar refractivity (Wildman–Crippen MR) is 87.1 cm³/mol. The van der Waals surface area contributed by atoms with Gasteiger partial charge in [0.15, 0.2) is 0 Å². The van der Waals surface area contributed by atoms with Crippen molar-refractivity contribution in [2.45, 2.75) is 44.2 Å². The lowest BCUT2D eigenvalue weighted by atomic mass is 10.00. The Morgan fingerprint density at radius 1 is 1.43 bits per heavy atom. The number of halogens is 1. The summed E-state index contributed by atoms with van der Waals surface area (Å²) < 4.78 is 5.28. The van der Waals surface area contributed by atoms with E-state index in [0.717, 1.165) is 34.2 Å². The average molecular weight is 323 g/mol. The molecule has 1 aromatic carbocycles. The van der Waals surface area contributed by atoms with E-state index in [1.54, 1.807) is 0 Å². The van der Waals surface area contributed by atoms with Crippen LogP contribution >= 0.6 is 23.4 Å². The van der Waals surface area contributed by atoms with Crippen LogP contribution in [0.4, 0.5) is 0 Å². The lowest BCUT2D eigenvalue weighted by Crippen LogP contribution is -2.27. The molecular formula is C16H19ClN2OS. The summed E-state index contributed by atoms with van der Waals surface area (Å²) in [5, 5.41) is 8.56. The van der Waals surface area contributed by atoms with E-state index in [9.17, 15) is 0 Å². The molecule has 1 N–H and O–H groups in total. The number of aromatic nitrogens is 1. The van der Waals surface area contributed by atoms with Crippen molar-refractivity contribution < 1.29 is 4.52 Å². The number of benzene rings is 1. The lowest BCUT2D eigenvalue weighted by Gasteiger charge is -2.29. The molecule has 2 heterocycles. The van der Waals surface area contributed by atoms with Gasteiger partial charge in [0, 0.05) is 27.6 Å². The Labute approximate surface area is 134 Å². The van der Waals surface area contributed by atoms with Crippen LogP contribution in [0, 0.1) is 13.8 Å². The highest BCUT2D eigenvalue weighted by atomic mass is 35.5. The summed E-state index contributed by atoms with van der Waals surface area (Å²) >= 11 is 8.07. The van der Waals surface area contributed by atoms with Crippen LogP contribution in [0.1, 0.15) is 48.0 Å². The Morgan fingerprint density at radius 2 is 2.24 bits per heavy atom. The largest absolute Gasteiger partial charge is 0.361 e. The number of nitrogens with zero attached hydrogens (tertiary/aromatic N) is 1. The molecule has 1 aliphatic heterocycles. The molecule has 0 bridgehead atoms. The van der Waals surface area contributed by atoms with Gasteiger partial charge in [-0.2, -0.15) is 0 Å². The normalized spacial score (nSPS) is 19.3. The van der Waals surface area contributed by atoms with Gasteiger partial charge < -0.3 is 9.84 Å². The van der Waals surface area contributed by atoms with Crippen molar-refractivity contribution in [2.75, 3.05) is 5.75 Å². The summed E-state index contributed by atoms with van der Waals surface area (Å²) in [6.07, 6.45) is 1.10. The molecule has 2 unspecified atom stereocenters. The van der Waals surface area contributed by atoms with E-state index < -0.39 is 0 Å². The van der Waals surface area contributed by atoms with Crippen molar-refractivity contribution in [3.8, 4) is 0 Å². The van der Waals surface area contributed by atoms with Crippen molar-refractivity contribution in [2.24, 2.45) is 0 Å². The van der Waals surface area contributed by atoms with Gasteiger partial charge >= 0.3 is 0 Å². The first-order valence-corrected chi connectivity index (χ1v) is 8.53. The summed E-state index contributed by atoms with van der Waals surface area (Å²) in [6.45, 7) is 6.12. The highest BCUT2D eigenvalue weighted by Crippen LogP contribution is 2.39. The van der Waals surface area contributed by atoms with Crippen LogP contribution in [0.5, 0.6) is 0 Å². The molecule has 2 aromatic rings. The second-order valence-corrected chi connectivity index (χ2v) is 7.07. The fraction of sp³-hybridized carbons (Fsp3) is 0.438. The third-order valence-electron chi connectivity index (χ3n) is 3.98. The Morgan fingerprint density at radius 3 is 2.95 bits per heavy atom. The van der Waals surface area contributed by atoms with Gasteiger partial charge in [0.1, 0.15) is 5.76 Å². The van der Waals surface area contributed by atoms with Gasteiger partial charge in [0.25, 0.3) is 0 Å². The summed E-state index contributed by atoms with van der Waals surface area (Å²) in [4.78, 5) is 1.33. The topological polar surface area (TPSA) is 38.1 Å².